The average Bonchev–Trinajstić information content (AvgIpc) is 3.29. The minimum absolute atomic E-state index is 0.0681. The minimum Gasteiger partial charge on any atom is -0.454 e. The number of amides is 2. The van der Waals surface area contributed by atoms with Gasteiger partial charge >= 0.3 is 0 Å². The molecular weight excluding hydrogens is 360 g/mol. The summed E-state index contributed by atoms with van der Waals surface area (Å²) in [7, 11) is 1.84. The maximum atomic E-state index is 12.8. The number of hydrogen-bond donors (Lipinski definition) is 1. The van der Waals surface area contributed by atoms with Crippen LogP contribution in [0.15, 0.2) is 18.2 Å². The first-order valence-electron chi connectivity index (χ1n) is 9.44. The molecule has 1 aromatic heterocycles. The largest absolute Gasteiger partial charge is 0.454 e. The van der Waals surface area contributed by atoms with Gasteiger partial charge in [0.1, 0.15) is 0 Å². The number of nitrogens with zero attached hydrogens (tertiary/aromatic N) is 3. The fourth-order valence-electron chi connectivity index (χ4n) is 3.64. The molecule has 0 fully saturated rings. The molecule has 3 heterocycles. The zero-order chi connectivity index (χ0) is 19.8. The standard InChI is InChI=1S/C20H24N4O4/c1-12(2)20(26)24-7-6-15-14(10-24)18(22-23(15)3)19(25)21-9-13-4-5-16-17(8-13)28-11-27-16/h4-5,8,12H,6-7,9-11H2,1-3H3,(H,21,25). The molecule has 0 bridgehead atoms. The Bertz CT molecular complexity index is 935. The Morgan fingerprint density at radius 1 is 1.25 bits per heavy atom. The molecule has 0 saturated heterocycles. The highest BCUT2D eigenvalue weighted by Gasteiger charge is 2.30. The fraction of sp³-hybridized carbons (Fsp3) is 0.450. The van der Waals surface area contributed by atoms with Gasteiger partial charge in [-0.25, -0.2) is 0 Å². The number of aryl methyl sites for hydroxylation is 1. The van der Waals surface area contributed by atoms with E-state index in [2.05, 4.69) is 10.4 Å². The average molecular weight is 384 g/mol. The lowest BCUT2D eigenvalue weighted by Gasteiger charge is -2.29. The van der Waals surface area contributed by atoms with Crippen molar-refractivity contribution in [1.82, 2.24) is 20.0 Å². The first-order valence-corrected chi connectivity index (χ1v) is 9.44. The van der Waals surface area contributed by atoms with Gasteiger partial charge in [0, 0.05) is 50.3 Å². The van der Waals surface area contributed by atoms with E-state index in [1.165, 1.54) is 0 Å². The summed E-state index contributed by atoms with van der Waals surface area (Å²) in [4.78, 5) is 27.0. The number of carbonyl (C=O) groups excluding carboxylic acids is 2. The minimum atomic E-state index is -0.242. The Kier molecular flexibility index (Phi) is 4.70. The second-order valence-corrected chi connectivity index (χ2v) is 7.43. The molecule has 0 radical (unpaired) electrons. The van der Waals surface area contributed by atoms with E-state index >= 15 is 0 Å². The molecule has 4 rings (SSSR count). The van der Waals surface area contributed by atoms with E-state index in [1.54, 1.807) is 4.68 Å². The molecule has 8 heteroatoms. The van der Waals surface area contributed by atoms with Crippen LogP contribution >= 0.6 is 0 Å². The summed E-state index contributed by atoms with van der Waals surface area (Å²) in [6, 6.07) is 5.59. The van der Waals surface area contributed by atoms with Crippen molar-refractivity contribution in [2.45, 2.75) is 33.4 Å². The number of aromatic nitrogens is 2. The number of nitrogens with one attached hydrogen (secondary N) is 1. The van der Waals surface area contributed by atoms with Crippen LogP contribution in [0.4, 0.5) is 0 Å². The van der Waals surface area contributed by atoms with E-state index in [0.29, 0.717) is 43.2 Å². The normalized spacial score (nSPS) is 14.9. The predicted octanol–water partition coefficient (Wildman–Crippen LogP) is 1.62. The van der Waals surface area contributed by atoms with Gasteiger partial charge in [0.05, 0.1) is 0 Å². The predicted molar refractivity (Wildman–Crippen MR) is 101 cm³/mol. The second-order valence-electron chi connectivity index (χ2n) is 7.43. The highest BCUT2D eigenvalue weighted by molar-refractivity contribution is 5.94. The molecule has 0 unspecified atom stereocenters. The number of benzene rings is 1. The summed E-state index contributed by atoms with van der Waals surface area (Å²) in [6.07, 6.45) is 0.701. The van der Waals surface area contributed by atoms with Crippen LogP contribution in [-0.4, -0.2) is 39.8 Å². The molecule has 2 aliphatic rings. The summed E-state index contributed by atoms with van der Waals surface area (Å²) in [5.41, 5.74) is 3.16. The van der Waals surface area contributed by atoms with Crippen LogP contribution in [0.2, 0.25) is 0 Å². The Balaban J connectivity index is 1.49. The molecular formula is C20H24N4O4. The third-order valence-corrected chi connectivity index (χ3v) is 5.15. The van der Waals surface area contributed by atoms with Gasteiger partial charge in [-0.05, 0) is 17.7 Å². The van der Waals surface area contributed by atoms with Gasteiger partial charge in [-0.15, -0.1) is 0 Å². The fourth-order valence-corrected chi connectivity index (χ4v) is 3.64. The maximum Gasteiger partial charge on any atom is 0.272 e. The summed E-state index contributed by atoms with van der Waals surface area (Å²) in [5, 5.41) is 7.35. The second kappa shape index (κ2) is 7.18. The Hall–Kier alpha value is -3.03. The molecule has 0 spiro atoms. The number of rotatable bonds is 4. The molecule has 2 aliphatic heterocycles. The van der Waals surface area contributed by atoms with Gasteiger partial charge < -0.3 is 19.7 Å². The van der Waals surface area contributed by atoms with Gasteiger partial charge in [0.15, 0.2) is 17.2 Å². The van der Waals surface area contributed by atoms with Gasteiger partial charge in [-0.3, -0.25) is 14.3 Å². The van der Waals surface area contributed by atoms with Gasteiger partial charge in [-0.2, -0.15) is 5.10 Å². The zero-order valence-corrected chi connectivity index (χ0v) is 16.3. The van der Waals surface area contributed by atoms with Crippen molar-refractivity contribution >= 4 is 11.8 Å². The lowest BCUT2D eigenvalue weighted by Crippen LogP contribution is -2.39. The van der Waals surface area contributed by atoms with Crippen molar-refractivity contribution in [1.29, 1.82) is 0 Å². The summed E-state index contributed by atoms with van der Waals surface area (Å²) in [5.74, 6) is 1.18. The molecule has 8 nitrogen and oxygen atoms in total. The van der Waals surface area contributed by atoms with Crippen LogP contribution in [0.5, 0.6) is 11.5 Å². The smallest absolute Gasteiger partial charge is 0.272 e. The van der Waals surface area contributed by atoms with Crippen molar-refractivity contribution in [3.05, 3.63) is 40.7 Å². The molecule has 1 aromatic carbocycles. The van der Waals surface area contributed by atoms with E-state index in [0.717, 1.165) is 16.8 Å². The van der Waals surface area contributed by atoms with Crippen molar-refractivity contribution in [2.75, 3.05) is 13.3 Å². The number of ether oxygens (including phenoxy) is 2. The molecule has 2 aromatic rings. The first-order chi connectivity index (χ1) is 13.4. The Morgan fingerprint density at radius 3 is 2.82 bits per heavy atom. The van der Waals surface area contributed by atoms with E-state index < -0.39 is 0 Å². The van der Waals surface area contributed by atoms with Crippen LogP contribution in [-0.2, 0) is 31.4 Å². The molecule has 1 N–H and O–H groups in total. The third kappa shape index (κ3) is 3.30. The van der Waals surface area contributed by atoms with Crippen LogP contribution in [0.25, 0.3) is 0 Å². The highest BCUT2D eigenvalue weighted by atomic mass is 16.7. The van der Waals surface area contributed by atoms with E-state index in [1.807, 2.05) is 44.0 Å². The van der Waals surface area contributed by atoms with E-state index in [9.17, 15) is 9.59 Å². The first kappa shape index (κ1) is 18.3. The lowest BCUT2D eigenvalue weighted by molar-refractivity contribution is -0.135. The topological polar surface area (TPSA) is 85.7 Å². The zero-order valence-electron chi connectivity index (χ0n) is 16.3. The SMILES string of the molecule is CC(C)C(=O)N1CCc2c(c(C(=O)NCc3ccc4c(c3)OCO4)nn2C)C1. The third-order valence-electron chi connectivity index (χ3n) is 5.15. The number of hydrogen-bond acceptors (Lipinski definition) is 5. The summed E-state index contributed by atoms with van der Waals surface area (Å²) in [6.45, 7) is 5.43. The van der Waals surface area contributed by atoms with Crippen molar-refractivity contribution in [3.8, 4) is 11.5 Å². The van der Waals surface area contributed by atoms with Gasteiger partial charge in [-0.1, -0.05) is 19.9 Å². The van der Waals surface area contributed by atoms with Crippen LogP contribution in [0.3, 0.4) is 0 Å². The van der Waals surface area contributed by atoms with E-state index in [4.69, 9.17) is 9.47 Å². The Labute approximate surface area is 163 Å². The quantitative estimate of drug-likeness (QED) is 0.866. The van der Waals surface area contributed by atoms with E-state index in [-0.39, 0.29) is 24.5 Å². The molecule has 148 valence electrons. The number of fused-ring (bicyclic) bond motifs is 2. The van der Waals surface area contributed by atoms with Crippen molar-refractivity contribution < 1.29 is 19.1 Å². The van der Waals surface area contributed by atoms with Crippen molar-refractivity contribution in [3.63, 3.8) is 0 Å². The molecule has 0 aliphatic carbocycles. The highest BCUT2D eigenvalue weighted by Crippen LogP contribution is 2.32. The molecule has 0 saturated carbocycles. The summed E-state index contributed by atoms with van der Waals surface area (Å²) >= 11 is 0. The Morgan fingerprint density at radius 2 is 2.04 bits per heavy atom. The molecule has 28 heavy (non-hydrogen) atoms. The maximum absolute atomic E-state index is 12.8. The van der Waals surface area contributed by atoms with Crippen LogP contribution < -0.4 is 14.8 Å². The number of carbonyl (C=O) groups is 2. The van der Waals surface area contributed by atoms with Gasteiger partial charge in [0.2, 0.25) is 12.7 Å². The molecule has 2 amide bonds. The van der Waals surface area contributed by atoms with Crippen LogP contribution in [0, 0.1) is 5.92 Å². The molecule has 0 atom stereocenters. The van der Waals surface area contributed by atoms with Crippen LogP contribution in [0.1, 0.15) is 41.2 Å². The monoisotopic (exact) mass is 384 g/mol. The summed E-state index contributed by atoms with van der Waals surface area (Å²) < 4.78 is 12.4. The van der Waals surface area contributed by atoms with Gasteiger partial charge in [0.25, 0.3) is 5.91 Å². The lowest BCUT2D eigenvalue weighted by atomic mass is 10.0. The van der Waals surface area contributed by atoms with Crippen molar-refractivity contribution in [2.24, 2.45) is 13.0 Å².